The van der Waals surface area contributed by atoms with Crippen LogP contribution in [0.3, 0.4) is 0 Å². The summed E-state index contributed by atoms with van der Waals surface area (Å²) in [6, 6.07) is 6.42. The lowest BCUT2D eigenvalue weighted by molar-refractivity contribution is -0.115. The SMILES string of the molecule is Cc1occc1C(=O)Nc1nc(CC(=O)Nc2ccc(Cl)c(Cl)c2)cs1. The normalized spacial score (nSPS) is 10.6. The second-order valence-corrected chi connectivity index (χ2v) is 7.01. The van der Waals surface area contributed by atoms with E-state index in [9.17, 15) is 9.59 Å². The first-order valence-electron chi connectivity index (χ1n) is 7.47. The number of anilines is 2. The van der Waals surface area contributed by atoms with Crippen molar-refractivity contribution in [2.45, 2.75) is 13.3 Å². The summed E-state index contributed by atoms with van der Waals surface area (Å²) < 4.78 is 5.11. The van der Waals surface area contributed by atoms with Crippen LogP contribution in [0, 0.1) is 6.92 Å². The van der Waals surface area contributed by atoms with Crippen molar-refractivity contribution in [2.24, 2.45) is 0 Å². The fraction of sp³-hybridized carbons (Fsp3) is 0.118. The first-order chi connectivity index (χ1) is 12.4. The van der Waals surface area contributed by atoms with Gasteiger partial charge in [-0.15, -0.1) is 11.3 Å². The van der Waals surface area contributed by atoms with Crippen molar-refractivity contribution in [1.82, 2.24) is 4.98 Å². The summed E-state index contributed by atoms with van der Waals surface area (Å²) in [5, 5.41) is 8.31. The molecule has 1 aromatic carbocycles. The molecule has 0 saturated heterocycles. The van der Waals surface area contributed by atoms with Crippen molar-refractivity contribution in [3.8, 4) is 0 Å². The Balaban J connectivity index is 1.59. The van der Waals surface area contributed by atoms with Gasteiger partial charge in [-0.2, -0.15) is 0 Å². The van der Waals surface area contributed by atoms with Crippen molar-refractivity contribution < 1.29 is 14.0 Å². The van der Waals surface area contributed by atoms with Gasteiger partial charge >= 0.3 is 0 Å². The van der Waals surface area contributed by atoms with E-state index in [4.69, 9.17) is 27.6 Å². The van der Waals surface area contributed by atoms with Gasteiger partial charge in [-0.05, 0) is 31.2 Å². The third kappa shape index (κ3) is 4.43. The Morgan fingerprint density at radius 2 is 2.00 bits per heavy atom. The molecular weight excluding hydrogens is 397 g/mol. The maximum atomic E-state index is 12.1. The molecule has 3 aromatic rings. The Bertz CT molecular complexity index is 968. The zero-order valence-corrected chi connectivity index (χ0v) is 15.8. The lowest BCUT2D eigenvalue weighted by Crippen LogP contribution is -2.15. The molecule has 3 rings (SSSR count). The predicted molar refractivity (Wildman–Crippen MR) is 102 cm³/mol. The molecule has 0 unspecified atom stereocenters. The molecule has 0 saturated carbocycles. The number of aryl methyl sites for hydroxylation is 1. The fourth-order valence-corrected chi connectivity index (χ4v) is 3.18. The molecule has 0 aliphatic carbocycles. The van der Waals surface area contributed by atoms with Crippen LogP contribution in [-0.2, 0) is 11.2 Å². The summed E-state index contributed by atoms with van der Waals surface area (Å²) in [5.41, 5.74) is 1.54. The minimum Gasteiger partial charge on any atom is -0.469 e. The molecule has 2 aromatic heterocycles. The van der Waals surface area contributed by atoms with Gasteiger partial charge in [0.15, 0.2) is 5.13 Å². The summed E-state index contributed by atoms with van der Waals surface area (Å²) in [5.74, 6) is -0.0325. The molecular formula is C17H13Cl2N3O3S. The molecule has 2 N–H and O–H groups in total. The van der Waals surface area contributed by atoms with E-state index in [1.54, 1.807) is 36.6 Å². The second-order valence-electron chi connectivity index (χ2n) is 5.34. The Hall–Kier alpha value is -2.35. The van der Waals surface area contributed by atoms with Crippen molar-refractivity contribution in [2.75, 3.05) is 10.6 Å². The number of nitrogens with one attached hydrogen (secondary N) is 2. The number of benzene rings is 1. The summed E-state index contributed by atoms with van der Waals surface area (Å²) in [4.78, 5) is 28.5. The third-order valence-electron chi connectivity index (χ3n) is 3.42. The van der Waals surface area contributed by atoms with Crippen molar-refractivity contribution in [3.63, 3.8) is 0 Å². The van der Waals surface area contributed by atoms with Crippen LogP contribution in [0.25, 0.3) is 0 Å². The van der Waals surface area contributed by atoms with Crippen LogP contribution >= 0.6 is 34.5 Å². The second kappa shape index (κ2) is 7.90. The highest BCUT2D eigenvalue weighted by Gasteiger charge is 2.14. The van der Waals surface area contributed by atoms with Crippen molar-refractivity contribution in [1.29, 1.82) is 0 Å². The Morgan fingerprint density at radius 1 is 1.19 bits per heavy atom. The van der Waals surface area contributed by atoms with Gasteiger partial charge in [0.25, 0.3) is 5.91 Å². The summed E-state index contributed by atoms with van der Waals surface area (Å²) >= 11 is 13.0. The zero-order valence-electron chi connectivity index (χ0n) is 13.5. The Labute approximate surface area is 163 Å². The molecule has 0 aliphatic heterocycles. The number of thiazole rings is 1. The van der Waals surface area contributed by atoms with Gasteiger partial charge < -0.3 is 9.73 Å². The lowest BCUT2D eigenvalue weighted by Gasteiger charge is -2.05. The van der Waals surface area contributed by atoms with E-state index in [1.807, 2.05) is 0 Å². The zero-order chi connectivity index (χ0) is 18.7. The number of rotatable bonds is 5. The molecule has 0 fully saturated rings. The number of hydrogen-bond donors (Lipinski definition) is 2. The number of amides is 2. The fourth-order valence-electron chi connectivity index (χ4n) is 2.17. The highest BCUT2D eigenvalue weighted by Crippen LogP contribution is 2.25. The molecule has 26 heavy (non-hydrogen) atoms. The van der Waals surface area contributed by atoms with E-state index in [0.717, 1.165) is 0 Å². The van der Waals surface area contributed by atoms with Crippen LogP contribution in [0.4, 0.5) is 10.8 Å². The molecule has 2 heterocycles. The van der Waals surface area contributed by atoms with Crippen LogP contribution < -0.4 is 10.6 Å². The topological polar surface area (TPSA) is 84.2 Å². The van der Waals surface area contributed by atoms with E-state index in [0.29, 0.717) is 37.9 Å². The van der Waals surface area contributed by atoms with Crippen LogP contribution in [0.2, 0.25) is 10.0 Å². The average molecular weight is 410 g/mol. The first-order valence-corrected chi connectivity index (χ1v) is 9.10. The minimum absolute atomic E-state index is 0.0668. The molecule has 0 atom stereocenters. The number of carbonyl (C=O) groups excluding carboxylic acids is 2. The summed E-state index contributed by atoms with van der Waals surface area (Å²) in [7, 11) is 0. The number of carbonyl (C=O) groups is 2. The Kier molecular flexibility index (Phi) is 5.61. The van der Waals surface area contributed by atoms with E-state index in [2.05, 4.69) is 15.6 Å². The first kappa shape index (κ1) is 18.4. The smallest absolute Gasteiger partial charge is 0.260 e. The number of halogens is 2. The van der Waals surface area contributed by atoms with Gasteiger partial charge in [-0.25, -0.2) is 4.98 Å². The number of hydrogen-bond acceptors (Lipinski definition) is 5. The van der Waals surface area contributed by atoms with E-state index in [1.165, 1.54) is 17.6 Å². The molecule has 9 heteroatoms. The molecule has 2 amide bonds. The van der Waals surface area contributed by atoms with Gasteiger partial charge in [0.1, 0.15) is 5.76 Å². The van der Waals surface area contributed by atoms with Crippen LogP contribution in [0.5, 0.6) is 0 Å². The van der Waals surface area contributed by atoms with Gasteiger partial charge in [-0.1, -0.05) is 23.2 Å². The Morgan fingerprint density at radius 3 is 2.69 bits per heavy atom. The molecule has 134 valence electrons. The maximum absolute atomic E-state index is 12.1. The largest absolute Gasteiger partial charge is 0.469 e. The van der Waals surface area contributed by atoms with E-state index in [-0.39, 0.29) is 18.2 Å². The van der Waals surface area contributed by atoms with Crippen molar-refractivity contribution in [3.05, 3.63) is 63.0 Å². The summed E-state index contributed by atoms with van der Waals surface area (Å²) in [6.07, 6.45) is 1.52. The van der Waals surface area contributed by atoms with Gasteiger partial charge in [-0.3, -0.25) is 14.9 Å². The van der Waals surface area contributed by atoms with Crippen LogP contribution in [0.1, 0.15) is 21.8 Å². The number of aromatic nitrogens is 1. The van der Waals surface area contributed by atoms with Gasteiger partial charge in [0.2, 0.25) is 5.91 Å². The lowest BCUT2D eigenvalue weighted by atomic mass is 10.2. The van der Waals surface area contributed by atoms with Crippen molar-refractivity contribution >= 4 is 57.2 Å². The van der Waals surface area contributed by atoms with Gasteiger partial charge in [0, 0.05) is 11.1 Å². The molecule has 0 radical (unpaired) electrons. The average Bonchev–Trinajstić information content (AvgIpc) is 3.20. The monoisotopic (exact) mass is 409 g/mol. The minimum atomic E-state index is -0.308. The molecule has 0 aliphatic rings. The third-order valence-corrected chi connectivity index (χ3v) is 4.97. The number of furan rings is 1. The maximum Gasteiger partial charge on any atom is 0.260 e. The number of nitrogens with zero attached hydrogens (tertiary/aromatic N) is 1. The highest BCUT2D eigenvalue weighted by atomic mass is 35.5. The standard InChI is InChI=1S/C17H13Cl2N3O3S/c1-9-12(4-5-25-9)16(24)22-17-21-11(8-26-17)7-15(23)20-10-2-3-13(18)14(19)6-10/h2-6,8H,7H2,1H3,(H,20,23)(H,21,22,24). The predicted octanol–water partition coefficient (Wildman–Crippen LogP) is 4.78. The highest BCUT2D eigenvalue weighted by molar-refractivity contribution is 7.14. The van der Waals surface area contributed by atoms with Crippen LogP contribution in [-0.4, -0.2) is 16.8 Å². The van der Waals surface area contributed by atoms with E-state index >= 15 is 0 Å². The van der Waals surface area contributed by atoms with Crippen LogP contribution in [0.15, 0.2) is 40.3 Å². The molecule has 0 bridgehead atoms. The van der Waals surface area contributed by atoms with E-state index < -0.39 is 0 Å². The molecule has 6 nitrogen and oxygen atoms in total. The molecule has 0 spiro atoms. The summed E-state index contributed by atoms with van der Waals surface area (Å²) in [6.45, 7) is 1.70. The quantitative estimate of drug-likeness (QED) is 0.634. The van der Waals surface area contributed by atoms with Gasteiger partial charge in [0.05, 0.1) is 34.0 Å².